The van der Waals surface area contributed by atoms with Crippen molar-refractivity contribution in [2.75, 3.05) is 25.1 Å². The number of ether oxygens (including phenoxy) is 1. The van der Waals surface area contributed by atoms with E-state index in [1.54, 1.807) is 13.3 Å². The Hall–Kier alpha value is -1.07. The molecule has 1 aliphatic rings. The van der Waals surface area contributed by atoms with Crippen molar-refractivity contribution in [3.63, 3.8) is 0 Å². The molecule has 1 aromatic heterocycles. The minimum Gasteiger partial charge on any atom is -0.467 e. The molecule has 1 heterocycles. The van der Waals surface area contributed by atoms with E-state index in [4.69, 9.17) is 22.1 Å². The maximum absolute atomic E-state index is 6.24. The van der Waals surface area contributed by atoms with Gasteiger partial charge in [-0.2, -0.15) is 4.98 Å². The predicted molar refractivity (Wildman–Crippen MR) is 76.8 cm³/mol. The molecule has 0 radical (unpaired) electrons. The fraction of sp³-hybridized carbons (Fsp3) is 0.692. The van der Waals surface area contributed by atoms with E-state index >= 15 is 0 Å². The second-order valence-electron chi connectivity index (χ2n) is 4.81. The van der Waals surface area contributed by atoms with Gasteiger partial charge in [-0.25, -0.2) is 4.98 Å². The minimum atomic E-state index is 0.347. The number of halogens is 1. The lowest BCUT2D eigenvalue weighted by molar-refractivity contribution is 0.378. The molecule has 106 valence electrons. The lowest BCUT2D eigenvalue weighted by atomic mass is 10.0. The molecule has 0 aliphatic heterocycles. The highest BCUT2D eigenvalue weighted by Gasteiger charge is 2.32. The monoisotopic (exact) mass is 284 g/mol. The van der Waals surface area contributed by atoms with E-state index in [9.17, 15) is 0 Å². The highest BCUT2D eigenvalue weighted by Crippen LogP contribution is 2.34. The highest BCUT2D eigenvalue weighted by atomic mass is 35.5. The van der Waals surface area contributed by atoms with Crippen LogP contribution in [0.1, 0.15) is 26.2 Å². The molecule has 0 amide bonds. The normalized spacial score (nSPS) is 22.5. The second kappa shape index (κ2) is 6.39. The van der Waals surface area contributed by atoms with E-state index < -0.39 is 0 Å². The van der Waals surface area contributed by atoms with Gasteiger partial charge in [0.1, 0.15) is 5.02 Å². The van der Waals surface area contributed by atoms with E-state index in [2.05, 4.69) is 21.8 Å². The first-order valence-corrected chi connectivity index (χ1v) is 7.12. The summed E-state index contributed by atoms with van der Waals surface area (Å²) in [5, 5.41) is 0.560. The van der Waals surface area contributed by atoms with Gasteiger partial charge in [-0.1, -0.05) is 18.0 Å². The molecule has 0 aromatic carbocycles. The maximum Gasteiger partial charge on any atom is 0.318 e. The molecular formula is C13H21ClN4O. The van der Waals surface area contributed by atoms with E-state index in [1.165, 1.54) is 12.8 Å². The molecule has 1 aromatic rings. The van der Waals surface area contributed by atoms with Crippen molar-refractivity contribution in [2.45, 2.75) is 32.2 Å². The van der Waals surface area contributed by atoms with Crippen LogP contribution >= 0.6 is 11.6 Å². The number of rotatable bonds is 5. The molecule has 1 saturated carbocycles. The summed E-state index contributed by atoms with van der Waals surface area (Å²) in [6, 6.07) is 0.757. The van der Waals surface area contributed by atoms with Crippen molar-refractivity contribution in [1.82, 2.24) is 9.97 Å². The highest BCUT2D eigenvalue weighted by molar-refractivity contribution is 6.32. The molecule has 19 heavy (non-hydrogen) atoms. The van der Waals surface area contributed by atoms with Crippen LogP contribution in [-0.2, 0) is 0 Å². The summed E-state index contributed by atoms with van der Waals surface area (Å²) < 4.78 is 5.09. The molecule has 0 bridgehead atoms. The number of aromatic nitrogens is 2. The van der Waals surface area contributed by atoms with E-state index in [0.717, 1.165) is 18.8 Å². The molecule has 6 heteroatoms. The van der Waals surface area contributed by atoms with Gasteiger partial charge < -0.3 is 15.4 Å². The van der Waals surface area contributed by atoms with Crippen molar-refractivity contribution in [3.8, 4) is 6.01 Å². The van der Waals surface area contributed by atoms with Crippen molar-refractivity contribution in [2.24, 2.45) is 11.7 Å². The predicted octanol–water partition coefficient (Wildman–Crippen LogP) is 2.09. The first-order valence-electron chi connectivity index (χ1n) is 6.74. The minimum absolute atomic E-state index is 0.347. The SMILES string of the molecule is CCN(c1nc(OC)ncc1Cl)C1CCCC1CN. The summed E-state index contributed by atoms with van der Waals surface area (Å²) in [6.45, 7) is 3.67. The number of nitrogens with two attached hydrogens (primary N) is 1. The van der Waals surface area contributed by atoms with Crippen LogP contribution in [0.3, 0.4) is 0 Å². The van der Waals surface area contributed by atoms with E-state index in [0.29, 0.717) is 29.5 Å². The smallest absolute Gasteiger partial charge is 0.318 e. The Labute approximate surface area is 119 Å². The van der Waals surface area contributed by atoms with Crippen LogP contribution in [0, 0.1) is 5.92 Å². The number of methoxy groups -OCH3 is 1. The topological polar surface area (TPSA) is 64.3 Å². The molecule has 2 rings (SSSR count). The van der Waals surface area contributed by atoms with Gasteiger partial charge in [0.25, 0.3) is 0 Å². The van der Waals surface area contributed by atoms with Crippen LogP contribution in [0.5, 0.6) is 6.01 Å². The Kier molecular flexibility index (Phi) is 4.82. The Morgan fingerprint density at radius 2 is 2.32 bits per heavy atom. The summed E-state index contributed by atoms with van der Waals surface area (Å²) in [7, 11) is 1.56. The van der Waals surface area contributed by atoms with Crippen LogP contribution in [0.15, 0.2) is 6.20 Å². The van der Waals surface area contributed by atoms with Gasteiger partial charge in [-0.3, -0.25) is 0 Å². The standard InChI is InChI=1S/C13H21ClN4O/c1-3-18(11-6-4-5-9(11)7-15)12-10(14)8-16-13(17-12)19-2/h8-9,11H,3-7,15H2,1-2H3. The van der Waals surface area contributed by atoms with Crippen LogP contribution < -0.4 is 15.4 Å². The van der Waals surface area contributed by atoms with Crippen LogP contribution in [-0.4, -0.2) is 36.2 Å². The van der Waals surface area contributed by atoms with Crippen molar-refractivity contribution in [3.05, 3.63) is 11.2 Å². The zero-order valence-corrected chi connectivity index (χ0v) is 12.2. The van der Waals surface area contributed by atoms with Gasteiger partial charge in [-0.05, 0) is 32.2 Å². The summed E-state index contributed by atoms with van der Waals surface area (Å²) in [4.78, 5) is 10.7. The van der Waals surface area contributed by atoms with Gasteiger partial charge in [0.2, 0.25) is 0 Å². The molecule has 1 fully saturated rings. The van der Waals surface area contributed by atoms with Gasteiger partial charge in [0.05, 0.1) is 13.3 Å². The number of nitrogens with zero attached hydrogens (tertiary/aromatic N) is 3. The lowest BCUT2D eigenvalue weighted by Crippen LogP contribution is -2.41. The fourth-order valence-corrected chi connectivity index (χ4v) is 3.09. The molecular weight excluding hydrogens is 264 g/mol. The molecule has 0 spiro atoms. The third-order valence-corrected chi connectivity index (χ3v) is 4.09. The largest absolute Gasteiger partial charge is 0.467 e. The third kappa shape index (κ3) is 2.92. The van der Waals surface area contributed by atoms with Gasteiger partial charge >= 0.3 is 6.01 Å². The molecule has 2 unspecified atom stereocenters. The summed E-state index contributed by atoms with van der Waals surface area (Å²) in [5.41, 5.74) is 5.87. The molecule has 2 N–H and O–H groups in total. The van der Waals surface area contributed by atoms with Crippen molar-refractivity contribution < 1.29 is 4.74 Å². The van der Waals surface area contributed by atoms with Crippen LogP contribution in [0.2, 0.25) is 5.02 Å². The first-order chi connectivity index (χ1) is 9.21. The quantitative estimate of drug-likeness (QED) is 0.897. The molecule has 0 saturated heterocycles. The second-order valence-corrected chi connectivity index (χ2v) is 5.22. The Morgan fingerprint density at radius 3 is 2.95 bits per heavy atom. The molecule has 5 nitrogen and oxygen atoms in total. The van der Waals surface area contributed by atoms with Gasteiger partial charge in [-0.15, -0.1) is 0 Å². The number of hydrogen-bond acceptors (Lipinski definition) is 5. The van der Waals surface area contributed by atoms with Crippen molar-refractivity contribution >= 4 is 17.4 Å². The number of hydrogen-bond donors (Lipinski definition) is 1. The summed E-state index contributed by atoms with van der Waals surface area (Å²) in [5.74, 6) is 1.26. The van der Waals surface area contributed by atoms with E-state index in [-0.39, 0.29) is 0 Å². The Bertz CT molecular complexity index is 429. The average molecular weight is 285 g/mol. The maximum atomic E-state index is 6.24. The lowest BCUT2D eigenvalue weighted by Gasteiger charge is -2.33. The first kappa shape index (κ1) is 14.3. The summed E-state index contributed by atoms with van der Waals surface area (Å²) >= 11 is 6.24. The number of anilines is 1. The zero-order chi connectivity index (χ0) is 13.8. The molecule has 1 aliphatic carbocycles. The van der Waals surface area contributed by atoms with Gasteiger partial charge in [0, 0.05) is 12.6 Å². The Balaban J connectivity index is 2.30. The average Bonchev–Trinajstić information content (AvgIpc) is 2.90. The van der Waals surface area contributed by atoms with Crippen LogP contribution in [0.4, 0.5) is 5.82 Å². The van der Waals surface area contributed by atoms with Crippen LogP contribution in [0.25, 0.3) is 0 Å². The Morgan fingerprint density at radius 1 is 1.53 bits per heavy atom. The fourth-order valence-electron chi connectivity index (χ4n) is 2.89. The molecule has 2 atom stereocenters. The third-order valence-electron chi connectivity index (χ3n) is 3.82. The zero-order valence-electron chi connectivity index (χ0n) is 11.5. The summed E-state index contributed by atoms with van der Waals surface area (Å²) in [6.07, 6.45) is 5.12. The van der Waals surface area contributed by atoms with Crippen molar-refractivity contribution in [1.29, 1.82) is 0 Å². The van der Waals surface area contributed by atoms with E-state index in [1.807, 2.05) is 0 Å². The van der Waals surface area contributed by atoms with Gasteiger partial charge in [0.15, 0.2) is 5.82 Å².